The van der Waals surface area contributed by atoms with Crippen LogP contribution >= 0.6 is 11.3 Å². The highest BCUT2D eigenvalue weighted by Crippen LogP contribution is 2.69. The first-order valence-corrected chi connectivity index (χ1v) is 13.1. The van der Waals surface area contributed by atoms with Gasteiger partial charge in [-0.15, -0.1) is 11.3 Å². The summed E-state index contributed by atoms with van der Waals surface area (Å²) in [5.74, 6) is 3.30. The molecule has 4 aliphatic rings. The number of hydrogen-bond acceptors (Lipinski definition) is 6. The van der Waals surface area contributed by atoms with Crippen LogP contribution in [-0.2, 0) is 5.41 Å². The second-order valence-corrected chi connectivity index (χ2v) is 10.9. The molecule has 0 atom stereocenters. The van der Waals surface area contributed by atoms with E-state index < -0.39 is 0 Å². The molecule has 3 heterocycles. The van der Waals surface area contributed by atoms with Crippen molar-refractivity contribution in [1.82, 2.24) is 0 Å². The monoisotopic (exact) mass is 485 g/mol. The molecule has 1 aromatic heterocycles. The first-order valence-electron chi connectivity index (χ1n) is 12.3. The molecule has 0 unspecified atom stereocenters. The standard InChI is InChI=1S/C30H19N3O2S/c31-15-17-13-19-20(14-18(17)16-32)30(11-4-1-5-12-30)25-27-29(36-28(19)25)33-21-7-2-3-8-22(21)34-23-9-6-10-24(35-27)26(23)33/h2-3,6-10,13-14H,1,4-5,11-12H2. The Balaban J connectivity index is 1.45. The van der Waals surface area contributed by atoms with Gasteiger partial charge in [0.05, 0.1) is 16.8 Å². The molecule has 6 heteroatoms. The minimum atomic E-state index is -0.201. The maximum atomic E-state index is 9.79. The van der Waals surface area contributed by atoms with E-state index in [2.05, 4.69) is 23.1 Å². The van der Waals surface area contributed by atoms with E-state index in [-0.39, 0.29) is 5.41 Å². The summed E-state index contributed by atoms with van der Waals surface area (Å²) in [4.78, 5) is 3.45. The summed E-state index contributed by atoms with van der Waals surface area (Å²) in [5.41, 5.74) is 6.12. The van der Waals surface area contributed by atoms with Gasteiger partial charge in [-0.2, -0.15) is 10.5 Å². The molecule has 1 spiro atoms. The van der Waals surface area contributed by atoms with E-state index in [1.54, 1.807) is 11.3 Å². The fourth-order valence-corrected chi connectivity index (χ4v) is 8.00. The summed E-state index contributed by atoms with van der Waals surface area (Å²) in [6, 6.07) is 22.5. The lowest BCUT2D eigenvalue weighted by molar-refractivity contribution is 0.341. The Morgan fingerprint density at radius 3 is 2.36 bits per heavy atom. The highest BCUT2D eigenvalue weighted by atomic mass is 32.1. The number of rotatable bonds is 0. The number of para-hydroxylation sites is 3. The molecule has 172 valence electrons. The molecule has 36 heavy (non-hydrogen) atoms. The van der Waals surface area contributed by atoms with Gasteiger partial charge in [0.2, 0.25) is 0 Å². The number of ether oxygens (including phenoxy) is 2. The molecule has 0 radical (unpaired) electrons. The van der Waals surface area contributed by atoms with Crippen LogP contribution in [0.25, 0.3) is 10.4 Å². The van der Waals surface area contributed by atoms with E-state index in [4.69, 9.17) is 9.47 Å². The number of fused-ring (bicyclic) bond motifs is 10. The van der Waals surface area contributed by atoms with Crippen molar-refractivity contribution in [2.45, 2.75) is 37.5 Å². The highest BCUT2D eigenvalue weighted by molar-refractivity contribution is 7.20. The van der Waals surface area contributed by atoms with Crippen molar-refractivity contribution in [3.8, 4) is 45.6 Å². The fraction of sp³-hybridized carbons (Fsp3) is 0.200. The lowest BCUT2D eigenvalue weighted by atomic mass is 9.67. The topological polar surface area (TPSA) is 69.3 Å². The molecule has 2 aliphatic carbocycles. The van der Waals surface area contributed by atoms with E-state index >= 15 is 0 Å². The van der Waals surface area contributed by atoms with Crippen molar-refractivity contribution in [2.75, 3.05) is 4.90 Å². The van der Waals surface area contributed by atoms with E-state index in [0.29, 0.717) is 11.1 Å². The van der Waals surface area contributed by atoms with Gasteiger partial charge in [0.15, 0.2) is 23.0 Å². The fourth-order valence-electron chi connectivity index (χ4n) is 6.62. The molecule has 5 nitrogen and oxygen atoms in total. The Labute approximate surface area is 212 Å². The largest absolute Gasteiger partial charge is 0.453 e. The first-order chi connectivity index (χ1) is 17.7. The molecule has 0 saturated heterocycles. The van der Waals surface area contributed by atoms with Gasteiger partial charge >= 0.3 is 0 Å². The minimum absolute atomic E-state index is 0.201. The molecule has 1 fully saturated rings. The molecular formula is C30H19N3O2S. The Bertz CT molecular complexity index is 1720. The van der Waals surface area contributed by atoms with Gasteiger partial charge in [0.1, 0.15) is 22.8 Å². The third kappa shape index (κ3) is 2.33. The van der Waals surface area contributed by atoms with Gasteiger partial charge < -0.3 is 9.47 Å². The van der Waals surface area contributed by atoms with E-state index in [9.17, 15) is 10.5 Å². The molecule has 3 aromatic carbocycles. The zero-order valence-electron chi connectivity index (χ0n) is 19.3. The summed E-state index contributed by atoms with van der Waals surface area (Å²) in [7, 11) is 0. The molecule has 1 saturated carbocycles. The van der Waals surface area contributed by atoms with Crippen molar-refractivity contribution in [1.29, 1.82) is 10.5 Å². The first kappa shape index (κ1) is 20.0. The van der Waals surface area contributed by atoms with Gasteiger partial charge in [-0.3, -0.25) is 4.90 Å². The highest BCUT2D eigenvalue weighted by Gasteiger charge is 2.51. The van der Waals surface area contributed by atoms with E-state index in [0.717, 1.165) is 75.5 Å². The number of thiophene rings is 1. The second kappa shape index (κ2) is 6.91. The third-order valence-corrected chi connectivity index (χ3v) is 9.31. The van der Waals surface area contributed by atoms with Crippen LogP contribution in [0.1, 0.15) is 54.4 Å². The smallest absolute Gasteiger partial charge is 0.167 e. The van der Waals surface area contributed by atoms with Crippen molar-refractivity contribution < 1.29 is 9.47 Å². The van der Waals surface area contributed by atoms with Crippen molar-refractivity contribution in [3.63, 3.8) is 0 Å². The van der Waals surface area contributed by atoms with Crippen LogP contribution in [0.3, 0.4) is 0 Å². The maximum absolute atomic E-state index is 9.79. The quantitative estimate of drug-likeness (QED) is 0.216. The summed E-state index contributed by atoms with van der Waals surface area (Å²) in [6.45, 7) is 0. The lowest BCUT2D eigenvalue weighted by Crippen LogP contribution is -2.29. The Morgan fingerprint density at radius 1 is 0.833 bits per heavy atom. The summed E-state index contributed by atoms with van der Waals surface area (Å²) < 4.78 is 13.0. The third-order valence-electron chi connectivity index (χ3n) is 8.12. The van der Waals surface area contributed by atoms with E-state index in [1.807, 2.05) is 48.5 Å². The minimum Gasteiger partial charge on any atom is -0.453 e. The van der Waals surface area contributed by atoms with Crippen LogP contribution in [0.5, 0.6) is 23.0 Å². The number of benzene rings is 3. The van der Waals surface area contributed by atoms with Crippen LogP contribution in [0.4, 0.5) is 16.4 Å². The second-order valence-electron chi connectivity index (χ2n) is 9.86. The zero-order chi connectivity index (χ0) is 24.0. The molecule has 0 amide bonds. The van der Waals surface area contributed by atoms with Crippen LogP contribution in [0, 0.1) is 22.7 Å². The van der Waals surface area contributed by atoms with Gasteiger partial charge in [-0.1, -0.05) is 37.5 Å². The predicted octanol–water partition coefficient (Wildman–Crippen LogP) is 8.40. The van der Waals surface area contributed by atoms with Crippen LogP contribution < -0.4 is 14.4 Å². The zero-order valence-corrected chi connectivity index (χ0v) is 20.1. The van der Waals surface area contributed by atoms with Crippen molar-refractivity contribution in [3.05, 3.63) is 76.9 Å². The normalized spacial score (nSPS) is 16.9. The predicted molar refractivity (Wildman–Crippen MR) is 138 cm³/mol. The molecule has 0 bridgehead atoms. The summed E-state index contributed by atoms with van der Waals surface area (Å²) >= 11 is 1.72. The van der Waals surface area contributed by atoms with Crippen LogP contribution in [0.2, 0.25) is 0 Å². The molecular weight excluding hydrogens is 466 g/mol. The van der Waals surface area contributed by atoms with Gasteiger partial charge in [-0.05, 0) is 60.4 Å². The summed E-state index contributed by atoms with van der Waals surface area (Å²) in [5, 5.41) is 20.6. The Hall–Kier alpha value is -4.26. The SMILES string of the molecule is N#Cc1cc2c(cc1C#N)C1(CCCCC1)c1c-2sc2c1Oc1cccc3c1N2c1ccccc1O3. The number of anilines is 3. The van der Waals surface area contributed by atoms with E-state index in [1.165, 1.54) is 17.5 Å². The Kier molecular flexibility index (Phi) is 3.83. The van der Waals surface area contributed by atoms with Crippen molar-refractivity contribution in [2.24, 2.45) is 0 Å². The lowest BCUT2D eigenvalue weighted by Gasteiger charge is -2.39. The van der Waals surface area contributed by atoms with Crippen molar-refractivity contribution >= 4 is 27.7 Å². The van der Waals surface area contributed by atoms with Crippen LogP contribution in [-0.4, -0.2) is 0 Å². The number of nitriles is 2. The average molecular weight is 486 g/mol. The summed E-state index contributed by atoms with van der Waals surface area (Å²) in [6.07, 6.45) is 5.51. The molecule has 4 aromatic rings. The average Bonchev–Trinajstić information content (AvgIpc) is 3.42. The van der Waals surface area contributed by atoms with Gasteiger partial charge in [-0.25, -0.2) is 0 Å². The molecule has 2 aliphatic heterocycles. The van der Waals surface area contributed by atoms with Crippen LogP contribution in [0.15, 0.2) is 54.6 Å². The molecule has 0 N–H and O–H groups in total. The molecule has 8 rings (SSSR count). The van der Waals surface area contributed by atoms with Gasteiger partial charge in [0.25, 0.3) is 0 Å². The maximum Gasteiger partial charge on any atom is 0.167 e. The number of hydrogen-bond donors (Lipinski definition) is 0. The van der Waals surface area contributed by atoms with Gasteiger partial charge in [0, 0.05) is 15.9 Å². The number of nitrogens with zero attached hydrogens (tertiary/aromatic N) is 3. The Morgan fingerprint density at radius 2 is 1.56 bits per heavy atom.